The van der Waals surface area contributed by atoms with Crippen LogP contribution in [0, 0.1) is 0 Å². The lowest BCUT2D eigenvalue weighted by atomic mass is 9.83. The zero-order valence-electron chi connectivity index (χ0n) is 24.6. The Hall–Kier alpha value is -4.53. The Morgan fingerprint density at radius 1 is 0.822 bits per heavy atom. The maximum atomic E-state index is 12.3. The largest absolute Gasteiger partial charge is 0.493 e. The summed E-state index contributed by atoms with van der Waals surface area (Å²) in [5.41, 5.74) is 7.74. The van der Waals surface area contributed by atoms with Gasteiger partial charge >= 0.3 is 10.2 Å². The van der Waals surface area contributed by atoms with Gasteiger partial charge in [-0.2, -0.15) is 8.42 Å². The smallest absolute Gasteiger partial charge is 0.330 e. The van der Waals surface area contributed by atoms with Crippen LogP contribution in [0.25, 0.3) is 28.1 Å². The maximum absolute atomic E-state index is 12.3. The molecule has 1 fully saturated rings. The fraction of sp³-hybridized carbons (Fsp3) is 0.194. The molecule has 2 heterocycles. The van der Waals surface area contributed by atoms with Crippen molar-refractivity contribution in [1.82, 2.24) is 14.3 Å². The summed E-state index contributed by atoms with van der Waals surface area (Å²) in [5, 5.41) is 10.3. The first-order chi connectivity index (χ1) is 21.8. The van der Waals surface area contributed by atoms with Crippen molar-refractivity contribution in [3.05, 3.63) is 137 Å². The Labute approximate surface area is 268 Å². The molecule has 0 radical (unpaired) electrons. The summed E-state index contributed by atoms with van der Waals surface area (Å²) in [6.45, 7) is 0. The molecule has 0 atom stereocenters. The minimum atomic E-state index is -3.88. The Kier molecular flexibility index (Phi) is 7.85. The Morgan fingerprint density at radius 3 is 2.11 bits per heavy atom. The first-order valence-corrected chi connectivity index (χ1v) is 17.0. The molecule has 5 aromatic rings. The van der Waals surface area contributed by atoms with E-state index in [2.05, 4.69) is 53.3 Å². The summed E-state index contributed by atoms with van der Waals surface area (Å²) in [6, 6.07) is 32.3. The zero-order valence-corrected chi connectivity index (χ0v) is 26.2. The third-order valence-corrected chi connectivity index (χ3v) is 10.3. The molecule has 0 unspecified atom stereocenters. The first-order valence-electron chi connectivity index (χ1n) is 15.2. The van der Waals surface area contributed by atoms with Crippen molar-refractivity contribution < 1.29 is 13.5 Å². The van der Waals surface area contributed by atoms with Crippen molar-refractivity contribution in [1.29, 1.82) is 0 Å². The third-order valence-electron chi connectivity index (χ3n) is 8.68. The van der Waals surface area contributed by atoms with Crippen LogP contribution < -0.4 is 9.03 Å². The van der Waals surface area contributed by atoms with Gasteiger partial charge in [-0.05, 0) is 71.3 Å². The quantitative estimate of drug-likeness (QED) is 0.187. The SMILES string of the molecule is O=S1(=O)NC(O)=CN1c1ccc(-n2cc(-c3ccccc3Cl)nc2Cc2ccc(-c3ccc(C4CCCCC4)cc3)cc2)cc1. The topological polar surface area (TPSA) is 87.5 Å². The molecule has 0 saturated heterocycles. The van der Waals surface area contributed by atoms with E-state index in [4.69, 9.17) is 16.6 Å². The van der Waals surface area contributed by atoms with Crippen molar-refractivity contribution >= 4 is 27.5 Å². The van der Waals surface area contributed by atoms with Gasteiger partial charge in [-0.1, -0.05) is 97.6 Å². The van der Waals surface area contributed by atoms with Crippen molar-refractivity contribution in [2.45, 2.75) is 44.4 Å². The van der Waals surface area contributed by atoms with Crippen LogP contribution in [0.15, 0.2) is 115 Å². The van der Waals surface area contributed by atoms with Crippen LogP contribution in [0.4, 0.5) is 5.69 Å². The van der Waals surface area contributed by atoms with Crippen molar-refractivity contribution in [3.63, 3.8) is 0 Å². The van der Waals surface area contributed by atoms with Gasteiger partial charge < -0.3 is 9.67 Å². The molecule has 0 bridgehead atoms. The molecular formula is C36H33ClN4O3S. The lowest BCUT2D eigenvalue weighted by Crippen LogP contribution is -2.29. The van der Waals surface area contributed by atoms with Crippen molar-refractivity contribution in [3.8, 4) is 28.1 Å². The first kappa shape index (κ1) is 29.2. The number of nitrogens with zero attached hydrogens (tertiary/aromatic N) is 3. The summed E-state index contributed by atoms with van der Waals surface area (Å²) in [5.74, 6) is 1.08. The van der Waals surface area contributed by atoms with E-state index in [0.717, 1.165) is 38.8 Å². The summed E-state index contributed by atoms with van der Waals surface area (Å²) in [4.78, 5) is 5.00. The summed E-state index contributed by atoms with van der Waals surface area (Å²) >= 11 is 6.54. The molecule has 1 aliphatic carbocycles. The van der Waals surface area contributed by atoms with Crippen molar-refractivity contribution in [2.75, 3.05) is 4.31 Å². The number of halogens is 1. The number of hydrogen-bond donors (Lipinski definition) is 2. The molecule has 45 heavy (non-hydrogen) atoms. The van der Waals surface area contributed by atoms with Crippen LogP contribution >= 0.6 is 11.6 Å². The highest BCUT2D eigenvalue weighted by molar-refractivity contribution is 7.91. The predicted molar refractivity (Wildman–Crippen MR) is 180 cm³/mol. The molecule has 1 aliphatic heterocycles. The predicted octanol–water partition coefficient (Wildman–Crippen LogP) is 8.51. The Morgan fingerprint density at radius 2 is 1.47 bits per heavy atom. The summed E-state index contributed by atoms with van der Waals surface area (Å²) < 4.78 is 29.8. The van der Waals surface area contributed by atoms with Gasteiger partial charge in [0.1, 0.15) is 5.82 Å². The van der Waals surface area contributed by atoms with E-state index in [0.29, 0.717) is 23.0 Å². The number of nitrogens with one attached hydrogen (secondary N) is 1. The molecule has 1 saturated carbocycles. The fourth-order valence-corrected chi connectivity index (χ4v) is 7.59. The van der Waals surface area contributed by atoms with Crippen LogP contribution in [0.3, 0.4) is 0 Å². The third kappa shape index (κ3) is 6.08. The Balaban J connectivity index is 1.16. The minimum Gasteiger partial charge on any atom is -0.493 e. The van der Waals surface area contributed by atoms with Crippen LogP contribution in [0.2, 0.25) is 5.02 Å². The standard InChI is InChI=1S/C36H33ClN4O3S/c37-33-9-5-4-8-32(33)34-23-40(30-18-20-31(21-19-30)41-24-36(42)39-45(41,43)44)35(38-34)22-25-10-12-27(13-11-25)29-16-14-28(15-17-29)26-6-2-1-3-7-26/h4-5,8-21,23-24,26,39,42H,1-3,6-7,22H2. The lowest BCUT2D eigenvalue weighted by Gasteiger charge is -2.22. The Bertz CT molecular complexity index is 1960. The average molecular weight is 637 g/mol. The second kappa shape index (κ2) is 12.1. The number of rotatable bonds is 7. The molecule has 0 amide bonds. The second-order valence-corrected chi connectivity index (χ2v) is 13.6. The molecule has 0 spiro atoms. The number of aromatic nitrogens is 2. The zero-order chi connectivity index (χ0) is 31.0. The minimum absolute atomic E-state index is 0.394. The molecule has 7 rings (SSSR count). The molecule has 2 aliphatic rings. The number of benzene rings is 4. The molecule has 4 aromatic carbocycles. The van der Waals surface area contributed by atoms with Gasteiger partial charge in [0.15, 0.2) is 0 Å². The number of hydrogen-bond acceptors (Lipinski definition) is 4. The molecule has 2 N–H and O–H groups in total. The van der Waals surface area contributed by atoms with Gasteiger partial charge in [0.2, 0.25) is 5.88 Å². The maximum Gasteiger partial charge on any atom is 0.330 e. The highest BCUT2D eigenvalue weighted by Crippen LogP contribution is 2.34. The van der Waals surface area contributed by atoms with Gasteiger partial charge in [0, 0.05) is 23.9 Å². The van der Waals surface area contributed by atoms with Gasteiger partial charge in [-0.25, -0.2) is 14.0 Å². The van der Waals surface area contributed by atoms with E-state index in [1.165, 1.54) is 48.8 Å². The number of imidazole rings is 1. The van der Waals surface area contributed by atoms with Crippen LogP contribution in [0.1, 0.15) is 55.0 Å². The van der Waals surface area contributed by atoms with Crippen LogP contribution in [0.5, 0.6) is 0 Å². The van der Waals surface area contributed by atoms with Gasteiger partial charge in [0.05, 0.1) is 22.6 Å². The van der Waals surface area contributed by atoms with E-state index in [1.807, 2.05) is 47.2 Å². The number of aliphatic hydroxyl groups excluding tert-OH is 1. The average Bonchev–Trinajstić information content (AvgIpc) is 3.60. The van der Waals surface area contributed by atoms with Crippen LogP contribution in [-0.2, 0) is 16.6 Å². The number of anilines is 1. The highest BCUT2D eigenvalue weighted by Gasteiger charge is 2.28. The molecule has 1 aromatic heterocycles. The highest BCUT2D eigenvalue weighted by atomic mass is 35.5. The van der Waals surface area contributed by atoms with Gasteiger partial charge in [0.25, 0.3) is 0 Å². The van der Waals surface area contributed by atoms with E-state index in [1.54, 1.807) is 12.1 Å². The molecular weight excluding hydrogens is 604 g/mol. The second-order valence-electron chi connectivity index (χ2n) is 11.7. The molecule has 9 heteroatoms. The van der Waals surface area contributed by atoms with Crippen LogP contribution in [-0.4, -0.2) is 23.1 Å². The van der Waals surface area contributed by atoms with E-state index in [9.17, 15) is 13.5 Å². The molecule has 228 valence electrons. The lowest BCUT2D eigenvalue weighted by molar-refractivity contribution is 0.392. The van der Waals surface area contributed by atoms with Gasteiger partial charge in [-0.3, -0.25) is 0 Å². The summed E-state index contributed by atoms with van der Waals surface area (Å²) in [7, 11) is -3.88. The monoisotopic (exact) mass is 636 g/mol. The molecule has 7 nitrogen and oxygen atoms in total. The van der Waals surface area contributed by atoms with E-state index >= 15 is 0 Å². The van der Waals surface area contributed by atoms with Gasteiger partial charge in [-0.15, -0.1) is 0 Å². The van der Waals surface area contributed by atoms with Crippen molar-refractivity contribution in [2.24, 2.45) is 0 Å². The fourth-order valence-electron chi connectivity index (χ4n) is 6.31. The van der Waals surface area contributed by atoms with E-state index < -0.39 is 16.1 Å². The summed E-state index contributed by atoms with van der Waals surface area (Å²) in [6.07, 6.45) is 10.3. The number of aliphatic hydroxyl groups is 1. The van der Waals surface area contributed by atoms with E-state index in [-0.39, 0.29) is 0 Å². The normalized spacial score (nSPS) is 16.4.